The molecule has 8 heteroatoms. The number of nitrogens with one attached hydrogen (secondary N) is 1. The summed E-state index contributed by atoms with van der Waals surface area (Å²) in [6.07, 6.45) is 12.4. The number of unbranched alkanes of at least 4 members (excludes halogenated alkanes) is 8. The first-order valence-corrected chi connectivity index (χ1v) is 14.2. The van der Waals surface area contributed by atoms with Crippen LogP contribution in [0.5, 0.6) is 0 Å². The molecule has 0 saturated carbocycles. The van der Waals surface area contributed by atoms with Crippen molar-refractivity contribution in [3.8, 4) is 0 Å². The van der Waals surface area contributed by atoms with Gasteiger partial charge >= 0.3 is 0 Å². The Morgan fingerprint density at radius 3 is 2.17 bits per heavy atom. The monoisotopic (exact) mass is 505 g/mol. The molecule has 35 heavy (non-hydrogen) atoms. The van der Waals surface area contributed by atoms with Gasteiger partial charge in [-0.25, -0.2) is 13.1 Å². The Kier molecular flexibility index (Phi) is 12.7. The van der Waals surface area contributed by atoms with Crippen LogP contribution in [0.2, 0.25) is 0 Å². The molecule has 0 bridgehead atoms. The molecule has 0 aliphatic rings. The summed E-state index contributed by atoms with van der Waals surface area (Å²) < 4.78 is 28.6. The molecular weight excluding hydrogens is 462 g/mol. The van der Waals surface area contributed by atoms with Crippen LogP contribution in [-0.2, 0) is 10.0 Å². The predicted octanol–water partition coefficient (Wildman–Crippen LogP) is 3.93. The van der Waals surface area contributed by atoms with Gasteiger partial charge in [0, 0.05) is 37.1 Å². The molecule has 7 nitrogen and oxygen atoms in total. The van der Waals surface area contributed by atoms with E-state index >= 15 is 0 Å². The van der Waals surface area contributed by atoms with Crippen molar-refractivity contribution in [2.45, 2.75) is 74.8 Å². The summed E-state index contributed by atoms with van der Waals surface area (Å²) in [6, 6.07) is 10.6. The molecule has 0 amide bonds. The summed E-state index contributed by atoms with van der Waals surface area (Å²) in [4.78, 5) is 2.32. The maximum atomic E-state index is 12.9. The van der Waals surface area contributed by atoms with Gasteiger partial charge in [0.05, 0.1) is 23.6 Å². The minimum absolute atomic E-state index is 0.223. The molecule has 2 aromatic carbocycles. The predicted molar refractivity (Wildman–Crippen MR) is 145 cm³/mol. The largest absolute Gasteiger partial charge is 0.395 e. The summed E-state index contributed by atoms with van der Waals surface area (Å²) in [5.41, 5.74) is 6.55. The SMILES string of the molecule is CN(C)c1ccc(S(=O)(=O)NCCCCCCCCCC/C=C/[C@@H](O)[C@@H](N)CO)c2ccccc12. The van der Waals surface area contributed by atoms with E-state index in [1.807, 2.05) is 55.4 Å². The molecule has 0 radical (unpaired) electrons. The van der Waals surface area contributed by atoms with Crippen molar-refractivity contribution in [1.29, 1.82) is 0 Å². The highest BCUT2D eigenvalue weighted by molar-refractivity contribution is 7.89. The Hall–Kier alpha value is -1.97. The van der Waals surface area contributed by atoms with Crippen LogP contribution in [0.25, 0.3) is 10.8 Å². The molecule has 0 aromatic heterocycles. The Balaban J connectivity index is 1.62. The van der Waals surface area contributed by atoms with Crippen molar-refractivity contribution in [2.75, 3.05) is 32.1 Å². The van der Waals surface area contributed by atoms with E-state index in [0.717, 1.165) is 61.4 Å². The van der Waals surface area contributed by atoms with E-state index in [2.05, 4.69) is 4.72 Å². The number of aliphatic hydroxyl groups excluding tert-OH is 2. The van der Waals surface area contributed by atoms with Gasteiger partial charge in [0.2, 0.25) is 10.0 Å². The average Bonchev–Trinajstić information content (AvgIpc) is 2.85. The minimum Gasteiger partial charge on any atom is -0.395 e. The van der Waals surface area contributed by atoms with Crippen molar-refractivity contribution in [3.05, 3.63) is 48.6 Å². The molecule has 5 N–H and O–H groups in total. The number of allylic oxidation sites excluding steroid dienone is 1. The van der Waals surface area contributed by atoms with Crippen LogP contribution in [0.1, 0.15) is 57.8 Å². The third-order valence-electron chi connectivity index (χ3n) is 6.20. The molecule has 2 rings (SSSR count). The standard InChI is InChI=1S/C27H43N3O4S/c1-30(2)25-18-19-27(23-16-13-12-15-22(23)25)35(33,34)29-20-14-10-8-6-4-3-5-7-9-11-17-26(32)24(28)21-31/h11-13,15-19,24,26,29,31-32H,3-10,14,20-21,28H2,1-2H3/b17-11+/t24-,26+/m0/s1. The van der Waals surface area contributed by atoms with E-state index in [4.69, 9.17) is 10.8 Å². The second-order valence-corrected chi connectivity index (χ2v) is 11.0. The first-order valence-electron chi connectivity index (χ1n) is 12.7. The number of hydrogen-bond donors (Lipinski definition) is 4. The Morgan fingerprint density at radius 2 is 1.54 bits per heavy atom. The number of anilines is 1. The lowest BCUT2D eigenvalue weighted by atomic mass is 10.1. The van der Waals surface area contributed by atoms with E-state index in [0.29, 0.717) is 11.4 Å². The zero-order chi connectivity index (χ0) is 25.7. The molecule has 0 fully saturated rings. The number of hydrogen-bond acceptors (Lipinski definition) is 6. The lowest BCUT2D eigenvalue weighted by Gasteiger charge is -2.17. The second kappa shape index (κ2) is 15.2. The van der Waals surface area contributed by atoms with Crippen molar-refractivity contribution in [3.63, 3.8) is 0 Å². The average molecular weight is 506 g/mol. The molecule has 2 aromatic rings. The van der Waals surface area contributed by atoms with Crippen molar-refractivity contribution in [2.24, 2.45) is 5.73 Å². The highest BCUT2D eigenvalue weighted by atomic mass is 32.2. The molecule has 0 aliphatic carbocycles. The number of nitrogens with zero attached hydrogens (tertiary/aromatic N) is 1. The van der Waals surface area contributed by atoms with Gasteiger partial charge in [0.25, 0.3) is 0 Å². The number of fused-ring (bicyclic) bond motifs is 1. The van der Waals surface area contributed by atoms with Gasteiger partial charge < -0.3 is 20.8 Å². The highest BCUT2D eigenvalue weighted by Gasteiger charge is 2.18. The van der Waals surface area contributed by atoms with E-state index < -0.39 is 22.2 Å². The summed E-state index contributed by atoms with van der Waals surface area (Å²) >= 11 is 0. The van der Waals surface area contributed by atoms with Gasteiger partial charge in [0.1, 0.15) is 0 Å². The molecule has 0 spiro atoms. The zero-order valence-electron chi connectivity index (χ0n) is 21.2. The van der Waals surface area contributed by atoms with Gasteiger partial charge in [0.15, 0.2) is 0 Å². The molecular formula is C27H43N3O4S. The van der Waals surface area contributed by atoms with Crippen LogP contribution in [0.4, 0.5) is 5.69 Å². The van der Waals surface area contributed by atoms with Crippen LogP contribution in [0.15, 0.2) is 53.4 Å². The van der Waals surface area contributed by atoms with Crippen LogP contribution in [-0.4, -0.2) is 58.0 Å². The molecule has 196 valence electrons. The number of sulfonamides is 1. The third-order valence-corrected chi connectivity index (χ3v) is 7.72. The summed E-state index contributed by atoms with van der Waals surface area (Å²) in [5, 5.41) is 20.2. The fraction of sp³-hybridized carbons (Fsp3) is 0.556. The fourth-order valence-corrected chi connectivity index (χ4v) is 5.38. The molecule has 0 unspecified atom stereocenters. The minimum atomic E-state index is -3.56. The second-order valence-electron chi connectivity index (χ2n) is 9.30. The summed E-state index contributed by atoms with van der Waals surface area (Å²) in [5.74, 6) is 0. The quantitative estimate of drug-likeness (QED) is 0.191. The van der Waals surface area contributed by atoms with Crippen LogP contribution in [0.3, 0.4) is 0 Å². The topological polar surface area (TPSA) is 116 Å². The van der Waals surface area contributed by atoms with Gasteiger partial charge in [-0.1, -0.05) is 74.9 Å². The smallest absolute Gasteiger partial charge is 0.241 e. The van der Waals surface area contributed by atoms with E-state index in [1.165, 1.54) is 12.8 Å². The Bertz CT molecular complexity index is 1020. The number of nitrogens with two attached hydrogens (primary N) is 1. The third kappa shape index (κ3) is 9.54. The Morgan fingerprint density at radius 1 is 0.943 bits per heavy atom. The number of benzene rings is 2. The Labute approximate surface area is 211 Å². The number of aliphatic hydroxyl groups is 2. The van der Waals surface area contributed by atoms with E-state index in [-0.39, 0.29) is 6.61 Å². The normalized spacial score (nSPS) is 14.0. The first kappa shape index (κ1) is 29.3. The van der Waals surface area contributed by atoms with Crippen LogP contribution < -0.4 is 15.4 Å². The molecule has 2 atom stereocenters. The first-order chi connectivity index (χ1) is 16.8. The summed E-state index contributed by atoms with van der Waals surface area (Å²) in [7, 11) is 0.347. The molecule has 0 heterocycles. The fourth-order valence-electron chi connectivity index (χ4n) is 4.10. The lowest BCUT2D eigenvalue weighted by Crippen LogP contribution is -2.36. The van der Waals surface area contributed by atoms with E-state index in [1.54, 1.807) is 12.1 Å². The van der Waals surface area contributed by atoms with Gasteiger partial charge in [-0.15, -0.1) is 0 Å². The zero-order valence-corrected chi connectivity index (χ0v) is 22.0. The van der Waals surface area contributed by atoms with Crippen LogP contribution >= 0.6 is 0 Å². The maximum absolute atomic E-state index is 12.9. The number of rotatable bonds is 17. The van der Waals surface area contributed by atoms with Crippen molar-refractivity contribution >= 4 is 26.5 Å². The van der Waals surface area contributed by atoms with Crippen LogP contribution in [0, 0.1) is 0 Å². The van der Waals surface area contributed by atoms with E-state index in [9.17, 15) is 13.5 Å². The molecule has 0 saturated heterocycles. The van der Waals surface area contributed by atoms with Crippen molar-refractivity contribution in [1.82, 2.24) is 4.72 Å². The molecule has 0 aliphatic heterocycles. The maximum Gasteiger partial charge on any atom is 0.241 e. The van der Waals surface area contributed by atoms with Gasteiger partial charge in [-0.2, -0.15) is 0 Å². The lowest BCUT2D eigenvalue weighted by molar-refractivity contribution is 0.144. The highest BCUT2D eigenvalue weighted by Crippen LogP contribution is 2.30. The summed E-state index contributed by atoms with van der Waals surface area (Å²) in [6.45, 7) is 0.226. The van der Waals surface area contributed by atoms with Gasteiger partial charge in [-0.3, -0.25) is 0 Å². The van der Waals surface area contributed by atoms with Gasteiger partial charge in [-0.05, 0) is 31.4 Å². The van der Waals surface area contributed by atoms with Crippen molar-refractivity contribution < 1.29 is 18.6 Å².